The van der Waals surface area contributed by atoms with Crippen LogP contribution in [0.4, 0.5) is 5.69 Å². The normalized spacial score (nSPS) is 21.6. The van der Waals surface area contributed by atoms with Gasteiger partial charge in [0.05, 0.1) is 19.8 Å². The fourth-order valence-corrected chi connectivity index (χ4v) is 4.54. The number of morpholine rings is 1. The van der Waals surface area contributed by atoms with Gasteiger partial charge in [-0.3, -0.25) is 9.59 Å². The summed E-state index contributed by atoms with van der Waals surface area (Å²) in [5, 5.41) is 13.1. The predicted octanol–water partition coefficient (Wildman–Crippen LogP) is 3.28. The second-order valence-corrected chi connectivity index (χ2v) is 8.44. The zero-order chi connectivity index (χ0) is 22.5. The van der Waals surface area contributed by atoms with E-state index < -0.39 is 12.1 Å². The Morgan fingerprint density at radius 2 is 1.81 bits per heavy atom. The molecule has 2 aromatic carbocycles. The molecular weight excluding hydrogens is 408 g/mol. The van der Waals surface area contributed by atoms with E-state index in [0.717, 1.165) is 48.2 Å². The number of aliphatic hydroxyl groups is 1. The molecule has 2 aliphatic rings. The molecule has 2 N–H and O–H groups in total. The zero-order valence-corrected chi connectivity index (χ0v) is 18.3. The molecule has 1 heterocycles. The van der Waals surface area contributed by atoms with Crippen LogP contribution in [0.1, 0.15) is 42.9 Å². The van der Waals surface area contributed by atoms with Crippen LogP contribution in [0, 0.1) is 5.92 Å². The first-order valence-electron chi connectivity index (χ1n) is 11.1. The van der Waals surface area contributed by atoms with Gasteiger partial charge in [0, 0.05) is 18.2 Å². The second-order valence-electron chi connectivity index (χ2n) is 8.44. The molecule has 1 saturated heterocycles. The van der Waals surface area contributed by atoms with Gasteiger partial charge < -0.3 is 24.8 Å². The lowest BCUT2D eigenvalue weighted by Gasteiger charge is -2.40. The van der Waals surface area contributed by atoms with Crippen LogP contribution in [-0.2, 0) is 20.9 Å². The first-order chi connectivity index (χ1) is 15.6. The van der Waals surface area contributed by atoms with E-state index in [-0.39, 0.29) is 30.9 Å². The van der Waals surface area contributed by atoms with Crippen LogP contribution in [-0.4, -0.2) is 48.2 Å². The van der Waals surface area contributed by atoms with Crippen molar-refractivity contribution in [2.24, 2.45) is 5.92 Å². The number of hydrogen-bond donors (Lipinski definition) is 2. The highest BCUT2D eigenvalue weighted by atomic mass is 16.5. The second kappa shape index (κ2) is 10.1. The maximum absolute atomic E-state index is 12.6. The standard InChI is InChI=1S/C25H30N2O5/c1-31-21-12-6-17(7-13-21)14-27-22(15-28)24(32-16-23(27)29)18-8-10-20(11-9-18)26-25(30)19-4-2-3-5-19/h6-13,19,22,24,28H,2-5,14-16H2,1H3,(H,26,30). The SMILES string of the molecule is COc1ccc(CN2C(=O)COC(c3ccc(NC(=O)C4CCCC4)cc3)C2CO)cc1. The Labute approximate surface area is 188 Å². The number of ether oxygens (including phenoxy) is 2. The van der Waals surface area contributed by atoms with Crippen molar-refractivity contribution < 1.29 is 24.2 Å². The highest BCUT2D eigenvalue weighted by molar-refractivity contribution is 5.92. The minimum absolute atomic E-state index is 0.0442. The molecule has 2 aromatic rings. The molecule has 7 nitrogen and oxygen atoms in total. The van der Waals surface area contributed by atoms with Crippen molar-refractivity contribution in [1.29, 1.82) is 0 Å². The van der Waals surface area contributed by atoms with E-state index in [9.17, 15) is 14.7 Å². The molecule has 2 unspecified atom stereocenters. The van der Waals surface area contributed by atoms with Gasteiger partial charge in [-0.15, -0.1) is 0 Å². The number of nitrogens with zero attached hydrogens (tertiary/aromatic N) is 1. The molecule has 1 aliphatic carbocycles. The highest BCUT2D eigenvalue weighted by Gasteiger charge is 2.37. The molecule has 2 atom stereocenters. The van der Waals surface area contributed by atoms with Crippen molar-refractivity contribution in [3.05, 3.63) is 59.7 Å². The van der Waals surface area contributed by atoms with Crippen molar-refractivity contribution in [2.45, 2.75) is 44.4 Å². The molecule has 0 radical (unpaired) electrons. The topological polar surface area (TPSA) is 88.1 Å². The van der Waals surface area contributed by atoms with Gasteiger partial charge in [-0.2, -0.15) is 0 Å². The van der Waals surface area contributed by atoms with E-state index in [4.69, 9.17) is 9.47 Å². The molecule has 0 bridgehead atoms. The summed E-state index contributed by atoms with van der Waals surface area (Å²) in [6.45, 7) is 0.119. The molecule has 2 fully saturated rings. The number of aliphatic hydroxyl groups excluding tert-OH is 1. The summed E-state index contributed by atoms with van der Waals surface area (Å²) >= 11 is 0. The monoisotopic (exact) mass is 438 g/mol. The average molecular weight is 439 g/mol. The number of benzene rings is 2. The highest BCUT2D eigenvalue weighted by Crippen LogP contribution is 2.31. The largest absolute Gasteiger partial charge is 0.497 e. The van der Waals surface area contributed by atoms with Crippen molar-refractivity contribution >= 4 is 17.5 Å². The predicted molar refractivity (Wildman–Crippen MR) is 120 cm³/mol. The number of methoxy groups -OCH3 is 1. The lowest BCUT2D eigenvalue weighted by Crippen LogP contribution is -2.52. The van der Waals surface area contributed by atoms with Gasteiger partial charge in [-0.1, -0.05) is 37.1 Å². The first-order valence-corrected chi connectivity index (χ1v) is 11.1. The van der Waals surface area contributed by atoms with E-state index >= 15 is 0 Å². The van der Waals surface area contributed by atoms with E-state index in [1.54, 1.807) is 12.0 Å². The van der Waals surface area contributed by atoms with Gasteiger partial charge >= 0.3 is 0 Å². The number of hydrogen-bond acceptors (Lipinski definition) is 5. The van der Waals surface area contributed by atoms with Crippen molar-refractivity contribution in [3.8, 4) is 5.75 Å². The molecular formula is C25H30N2O5. The van der Waals surface area contributed by atoms with Gasteiger partial charge in [-0.05, 0) is 48.2 Å². The van der Waals surface area contributed by atoms with Crippen molar-refractivity contribution in [3.63, 3.8) is 0 Å². The molecule has 170 valence electrons. The Balaban J connectivity index is 1.45. The van der Waals surface area contributed by atoms with E-state index in [1.807, 2.05) is 48.5 Å². The Morgan fingerprint density at radius 3 is 2.44 bits per heavy atom. The minimum atomic E-state index is -0.503. The minimum Gasteiger partial charge on any atom is -0.497 e. The van der Waals surface area contributed by atoms with Crippen molar-refractivity contribution in [1.82, 2.24) is 4.90 Å². The summed E-state index contributed by atoms with van der Waals surface area (Å²) < 4.78 is 11.0. The van der Waals surface area contributed by atoms with Crippen LogP contribution in [0.2, 0.25) is 0 Å². The Bertz CT molecular complexity index is 922. The maximum atomic E-state index is 12.6. The lowest BCUT2D eigenvalue weighted by molar-refractivity contribution is -0.162. The Hall–Kier alpha value is -2.90. The van der Waals surface area contributed by atoms with E-state index in [2.05, 4.69) is 5.32 Å². The zero-order valence-electron chi connectivity index (χ0n) is 18.3. The number of carbonyl (C=O) groups is 2. The van der Waals surface area contributed by atoms with Crippen LogP contribution in [0.3, 0.4) is 0 Å². The Kier molecular flexibility index (Phi) is 7.07. The van der Waals surface area contributed by atoms with Gasteiger partial charge in [0.2, 0.25) is 11.8 Å². The maximum Gasteiger partial charge on any atom is 0.249 e. The van der Waals surface area contributed by atoms with Gasteiger partial charge in [0.25, 0.3) is 0 Å². The summed E-state index contributed by atoms with van der Waals surface area (Å²) in [7, 11) is 1.61. The smallest absolute Gasteiger partial charge is 0.249 e. The third-order valence-electron chi connectivity index (χ3n) is 6.39. The Morgan fingerprint density at radius 1 is 1.12 bits per heavy atom. The van der Waals surface area contributed by atoms with E-state index in [0.29, 0.717) is 6.54 Å². The average Bonchev–Trinajstić information content (AvgIpc) is 3.37. The summed E-state index contributed by atoms with van der Waals surface area (Å²) in [5.41, 5.74) is 2.55. The van der Waals surface area contributed by atoms with Crippen LogP contribution < -0.4 is 10.1 Å². The van der Waals surface area contributed by atoms with Gasteiger partial charge in [0.15, 0.2) is 0 Å². The van der Waals surface area contributed by atoms with Crippen LogP contribution in [0.25, 0.3) is 0 Å². The summed E-state index contributed by atoms with van der Waals surface area (Å²) in [6, 6.07) is 14.5. The van der Waals surface area contributed by atoms with Crippen molar-refractivity contribution in [2.75, 3.05) is 25.6 Å². The van der Waals surface area contributed by atoms with E-state index in [1.165, 1.54) is 0 Å². The quantitative estimate of drug-likeness (QED) is 0.693. The third kappa shape index (κ3) is 4.95. The first kappa shape index (κ1) is 22.3. The number of rotatable bonds is 7. The van der Waals surface area contributed by atoms with Gasteiger partial charge in [0.1, 0.15) is 18.5 Å². The molecule has 2 amide bonds. The molecule has 32 heavy (non-hydrogen) atoms. The van der Waals surface area contributed by atoms with Crippen LogP contribution >= 0.6 is 0 Å². The summed E-state index contributed by atoms with van der Waals surface area (Å²) in [5.74, 6) is 0.775. The molecule has 1 aliphatic heterocycles. The lowest BCUT2D eigenvalue weighted by atomic mass is 9.98. The summed E-state index contributed by atoms with van der Waals surface area (Å²) in [6.07, 6.45) is 3.69. The van der Waals surface area contributed by atoms with Crippen LogP contribution in [0.15, 0.2) is 48.5 Å². The fourth-order valence-electron chi connectivity index (χ4n) is 4.54. The number of carbonyl (C=O) groups excluding carboxylic acids is 2. The fraction of sp³-hybridized carbons (Fsp3) is 0.440. The summed E-state index contributed by atoms with van der Waals surface area (Å²) in [4.78, 5) is 26.6. The molecule has 0 aromatic heterocycles. The molecule has 7 heteroatoms. The number of nitrogens with one attached hydrogen (secondary N) is 1. The number of amides is 2. The van der Waals surface area contributed by atoms with Crippen LogP contribution in [0.5, 0.6) is 5.75 Å². The molecule has 4 rings (SSSR count). The van der Waals surface area contributed by atoms with Gasteiger partial charge in [-0.25, -0.2) is 0 Å². The molecule has 1 saturated carbocycles. The molecule has 0 spiro atoms. The number of anilines is 1. The third-order valence-corrected chi connectivity index (χ3v) is 6.39.